The zero-order valence-corrected chi connectivity index (χ0v) is 11.0. The number of benzene rings is 1. The Hall–Kier alpha value is -2.13. The molecule has 1 saturated heterocycles. The summed E-state index contributed by atoms with van der Waals surface area (Å²) in [5.74, 6) is -2.15. The summed E-state index contributed by atoms with van der Waals surface area (Å²) in [4.78, 5) is 12.9. The Morgan fingerprint density at radius 2 is 2.35 bits per heavy atom. The third-order valence-electron chi connectivity index (χ3n) is 3.49. The molecule has 1 aliphatic heterocycles. The molecule has 0 bridgehead atoms. The average molecular weight is 278 g/mol. The first-order valence-corrected chi connectivity index (χ1v) is 6.35. The Kier molecular flexibility index (Phi) is 4.20. The Balaban J connectivity index is 2.33. The van der Waals surface area contributed by atoms with Gasteiger partial charge in [-0.25, -0.2) is 4.39 Å². The summed E-state index contributed by atoms with van der Waals surface area (Å²) in [5, 5.41) is 17.9. The number of carbonyl (C=O) groups is 1. The van der Waals surface area contributed by atoms with Crippen LogP contribution in [0, 0.1) is 23.1 Å². The maximum absolute atomic E-state index is 14.1. The van der Waals surface area contributed by atoms with Gasteiger partial charge in [0.15, 0.2) is 0 Å². The summed E-state index contributed by atoms with van der Waals surface area (Å²) in [6.45, 7) is 2.67. The van der Waals surface area contributed by atoms with Crippen LogP contribution in [0.5, 0.6) is 0 Å². The van der Waals surface area contributed by atoms with Gasteiger partial charge in [0.1, 0.15) is 11.7 Å². The fourth-order valence-electron chi connectivity index (χ4n) is 2.48. The summed E-state index contributed by atoms with van der Waals surface area (Å²) >= 11 is 0. The topological polar surface area (TPSA) is 73.6 Å². The molecule has 6 heteroatoms. The number of aliphatic carboxylic acids is 1. The van der Waals surface area contributed by atoms with Gasteiger partial charge in [-0.1, -0.05) is 0 Å². The smallest absolute Gasteiger partial charge is 0.311 e. The molecular weight excluding hydrogens is 263 g/mol. The number of nitriles is 1. The van der Waals surface area contributed by atoms with E-state index in [0.717, 1.165) is 6.07 Å². The highest BCUT2D eigenvalue weighted by Gasteiger charge is 2.38. The molecule has 106 valence electrons. The molecule has 1 aliphatic rings. The van der Waals surface area contributed by atoms with Gasteiger partial charge < -0.3 is 14.7 Å². The van der Waals surface area contributed by atoms with E-state index < -0.39 is 23.7 Å². The number of nitrogens with zero attached hydrogens (tertiary/aromatic N) is 2. The van der Waals surface area contributed by atoms with Crippen LogP contribution in [0.2, 0.25) is 0 Å². The number of carboxylic acid groups (broad SMARTS) is 1. The minimum atomic E-state index is -0.944. The van der Waals surface area contributed by atoms with Crippen LogP contribution >= 0.6 is 0 Å². The average Bonchev–Trinajstić information content (AvgIpc) is 2.90. The number of ether oxygens (including phenoxy) is 1. The molecule has 2 atom stereocenters. The molecule has 1 heterocycles. The van der Waals surface area contributed by atoms with Gasteiger partial charge in [-0.15, -0.1) is 0 Å². The second-order valence-corrected chi connectivity index (χ2v) is 4.61. The third-order valence-corrected chi connectivity index (χ3v) is 3.49. The summed E-state index contributed by atoms with van der Waals surface area (Å²) in [7, 11) is 0. The van der Waals surface area contributed by atoms with Crippen molar-refractivity contribution in [1.29, 1.82) is 5.26 Å². The first kappa shape index (κ1) is 14.3. The second kappa shape index (κ2) is 5.88. The van der Waals surface area contributed by atoms with E-state index in [0.29, 0.717) is 12.2 Å². The van der Waals surface area contributed by atoms with Crippen LogP contribution in [0.25, 0.3) is 0 Å². The molecule has 2 unspecified atom stereocenters. The van der Waals surface area contributed by atoms with Crippen LogP contribution in [0.15, 0.2) is 18.2 Å². The van der Waals surface area contributed by atoms with E-state index in [1.54, 1.807) is 4.90 Å². The molecule has 20 heavy (non-hydrogen) atoms. The van der Waals surface area contributed by atoms with Crippen LogP contribution in [-0.4, -0.2) is 36.9 Å². The van der Waals surface area contributed by atoms with Gasteiger partial charge in [0.25, 0.3) is 0 Å². The van der Waals surface area contributed by atoms with E-state index >= 15 is 0 Å². The lowest BCUT2D eigenvalue weighted by Crippen LogP contribution is -2.43. The predicted molar refractivity (Wildman–Crippen MR) is 69.9 cm³/mol. The predicted octanol–water partition coefficient (Wildman–Crippen LogP) is 1.62. The maximum Gasteiger partial charge on any atom is 0.311 e. The van der Waals surface area contributed by atoms with Crippen molar-refractivity contribution in [2.45, 2.75) is 13.0 Å². The second-order valence-electron chi connectivity index (χ2n) is 4.61. The molecule has 0 radical (unpaired) electrons. The Bertz CT molecular complexity index is 556. The van der Waals surface area contributed by atoms with Crippen molar-refractivity contribution in [3.8, 4) is 6.07 Å². The summed E-state index contributed by atoms with van der Waals surface area (Å²) in [6.07, 6.45) is 0. The summed E-state index contributed by atoms with van der Waals surface area (Å²) in [5.41, 5.74) is 0.535. The van der Waals surface area contributed by atoms with E-state index in [9.17, 15) is 14.3 Å². The molecule has 5 nitrogen and oxygen atoms in total. The molecule has 0 spiro atoms. The highest BCUT2D eigenvalue weighted by molar-refractivity contribution is 5.72. The molecule has 0 saturated carbocycles. The minimum absolute atomic E-state index is 0.133. The molecule has 0 aliphatic carbocycles. The van der Waals surface area contributed by atoms with Crippen molar-refractivity contribution < 1.29 is 19.0 Å². The first-order valence-electron chi connectivity index (χ1n) is 6.35. The number of rotatable bonds is 4. The molecule has 1 aromatic rings. The van der Waals surface area contributed by atoms with Crippen molar-refractivity contribution in [2.24, 2.45) is 5.92 Å². The zero-order chi connectivity index (χ0) is 14.7. The fraction of sp³-hybridized carbons (Fsp3) is 0.429. The quantitative estimate of drug-likeness (QED) is 0.906. The molecule has 0 aromatic heterocycles. The lowest BCUT2D eigenvalue weighted by molar-refractivity contribution is -0.141. The van der Waals surface area contributed by atoms with Crippen LogP contribution in [-0.2, 0) is 9.53 Å². The highest BCUT2D eigenvalue weighted by Crippen LogP contribution is 2.28. The zero-order valence-electron chi connectivity index (χ0n) is 11.0. The summed E-state index contributed by atoms with van der Waals surface area (Å²) in [6, 6.07) is 5.65. The number of hydrogen-bond donors (Lipinski definition) is 1. The third kappa shape index (κ3) is 2.58. The van der Waals surface area contributed by atoms with Crippen molar-refractivity contribution in [1.82, 2.24) is 0 Å². The normalized spacial score (nSPS) is 21.4. The Labute approximate surface area is 116 Å². The van der Waals surface area contributed by atoms with Crippen molar-refractivity contribution >= 4 is 11.7 Å². The van der Waals surface area contributed by atoms with Gasteiger partial charge in [0, 0.05) is 6.54 Å². The maximum atomic E-state index is 14.1. The number of anilines is 1. The van der Waals surface area contributed by atoms with Gasteiger partial charge in [0.05, 0.1) is 36.6 Å². The molecule has 1 fully saturated rings. The Morgan fingerprint density at radius 1 is 1.60 bits per heavy atom. The molecule has 2 rings (SSSR count). The first-order chi connectivity index (χ1) is 9.58. The number of likely N-dealkylation sites (N-methyl/N-ethyl adjacent to an activating group) is 1. The molecule has 1 N–H and O–H groups in total. The van der Waals surface area contributed by atoms with Crippen LogP contribution in [0.3, 0.4) is 0 Å². The lowest BCUT2D eigenvalue weighted by atomic mass is 10.0. The summed E-state index contributed by atoms with van der Waals surface area (Å²) < 4.78 is 19.3. The lowest BCUT2D eigenvalue weighted by Gasteiger charge is -2.31. The van der Waals surface area contributed by atoms with Gasteiger partial charge in [-0.3, -0.25) is 4.79 Å². The number of hydrogen-bond acceptors (Lipinski definition) is 4. The molecular formula is C14H15FN2O3. The van der Waals surface area contributed by atoms with E-state index in [1.165, 1.54) is 12.1 Å². The number of halogens is 1. The monoisotopic (exact) mass is 278 g/mol. The molecule has 1 aromatic carbocycles. The number of carboxylic acids is 1. The van der Waals surface area contributed by atoms with E-state index in [-0.39, 0.29) is 18.8 Å². The van der Waals surface area contributed by atoms with Crippen LogP contribution < -0.4 is 4.90 Å². The van der Waals surface area contributed by atoms with Crippen LogP contribution in [0.1, 0.15) is 12.5 Å². The van der Waals surface area contributed by atoms with Gasteiger partial charge in [0.2, 0.25) is 0 Å². The van der Waals surface area contributed by atoms with E-state index in [2.05, 4.69) is 0 Å². The van der Waals surface area contributed by atoms with Crippen molar-refractivity contribution in [3.05, 3.63) is 29.6 Å². The van der Waals surface area contributed by atoms with Gasteiger partial charge >= 0.3 is 5.97 Å². The largest absolute Gasteiger partial charge is 0.481 e. The van der Waals surface area contributed by atoms with E-state index in [1.807, 2.05) is 13.0 Å². The van der Waals surface area contributed by atoms with Crippen molar-refractivity contribution in [3.63, 3.8) is 0 Å². The fourth-order valence-corrected chi connectivity index (χ4v) is 2.48. The minimum Gasteiger partial charge on any atom is -0.481 e. The van der Waals surface area contributed by atoms with Crippen LogP contribution in [0.4, 0.5) is 10.1 Å². The standard InChI is InChI=1S/C14H15FN2O3/c1-2-17(13-8-20-7-10(13)14(18)19)12-4-3-9(6-16)5-11(12)15/h3-5,10,13H,2,7-8H2,1H3,(H,18,19). The van der Waals surface area contributed by atoms with Gasteiger partial charge in [-0.2, -0.15) is 5.26 Å². The molecule has 0 amide bonds. The highest BCUT2D eigenvalue weighted by atomic mass is 19.1. The van der Waals surface area contributed by atoms with Gasteiger partial charge in [-0.05, 0) is 25.1 Å². The van der Waals surface area contributed by atoms with E-state index in [4.69, 9.17) is 10.00 Å². The van der Waals surface area contributed by atoms with Crippen molar-refractivity contribution in [2.75, 3.05) is 24.7 Å². The SMILES string of the molecule is CCN(c1ccc(C#N)cc1F)C1COCC1C(=O)O. The Morgan fingerprint density at radius 3 is 2.90 bits per heavy atom.